The number of rotatable bonds is 4. The summed E-state index contributed by atoms with van der Waals surface area (Å²) in [6.07, 6.45) is -1.50. The minimum Gasteiger partial charge on any atom is -0.463 e. The lowest BCUT2D eigenvalue weighted by Crippen LogP contribution is -2.14. The van der Waals surface area contributed by atoms with Gasteiger partial charge in [-0.2, -0.15) is 13.2 Å². The Bertz CT molecular complexity index is 264. The second-order valence-electron chi connectivity index (χ2n) is 2.69. The van der Waals surface area contributed by atoms with E-state index in [0.29, 0.717) is 6.08 Å². The molecule has 0 aliphatic carbocycles. The average molecular weight is 222 g/mol. The SMILES string of the molecule is C/C=C/C/C(=C\C(=O)OCC)C(F)(F)F. The van der Waals surface area contributed by atoms with Gasteiger partial charge in [0.25, 0.3) is 0 Å². The van der Waals surface area contributed by atoms with Crippen molar-refractivity contribution in [3.8, 4) is 0 Å². The first-order valence-electron chi connectivity index (χ1n) is 4.47. The number of carbonyl (C=O) groups excluding carboxylic acids is 1. The van der Waals surface area contributed by atoms with Gasteiger partial charge in [-0.1, -0.05) is 12.2 Å². The van der Waals surface area contributed by atoms with Crippen LogP contribution in [-0.2, 0) is 9.53 Å². The van der Waals surface area contributed by atoms with Gasteiger partial charge in [0.1, 0.15) is 0 Å². The number of alkyl halides is 3. The van der Waals surface area contributed by atoms with Crippen molar-refractivity contribution in [3.05, 3.63) is 23.8 Å². The lowest BCUT2D eigenvalue weighted by atomic mass is 10.1. The van der Waals surface area contributed by atoms with E-state index >= 15 is 0 Å². The smallest absolute Gasteiger partial charge is 0.413 e. The summed E-state index contributed by atoms with van der Waals surface area (Å²) in [5, 5.41) is 0. The number of ether oxygens (including phenoxy) is 1. The van der Waals surface area contributed by atoms with E-state index < -0.39 is 17.7 Å². The first-order valence-corrected chi connectivity index (χ1v) is 4.47. The predicted octanol–water partition coefficient (Wildman–Crippen LogP) is 3.00. The highest BCUT2D eigenvalue weighted by Crippen LogP contribution is 2.28. The Balaban J connectivity index is 4.69. The van der Waals surface area contributed by atoms with Crippen molar-refractivity contribution in [1.29, 1.82) is 0 Å². The van der Waals surface area contributed by atoms with Gasteiger partial charge in [0, 0.05) is 11.6 Å². The molecule has 0 spiro atoms. The molecule has 0 aliphatic heterocycles. The molecule has 5 heteroatoms. The van der Waals surface area contributed by atoms with E-state index in [-0.39, 0.29) is 13.0 Å². The largest absolute Gasteiger partial charge is 0.463 e. The van der Waals surface area contributed by atoms with Crippen molar-refractivity contribution in [1.82, 2.24) is 0 Å². The van der Waals surface area contributed by atoms with Crippen LogP contribution >= 0.6 is 0 Å². The van der Waals surface area contributed by atoms with Crippen molar-refractivity contribution >= 4 is 5.97 Å². The van der Waals surface area contributed by atoms with E-state index in [0.717, 1.165) is 0 Å². The molecule has 2 nitrogen and oxygen atoms in total. The molecule has 0 aromatic rings. The number of esters is 1. The van der Waals surface area contributed by atoms with Crippen LogP contribution in [0.15, 0.2) is 23.8 Å². The summed E-state index contributed by atoms with van der Waals surface area (Å²) >= 11 is 0. The van der Waals surface area contributed by atoms with Crippen LogP contribution in [0.2, 0.25) is 0 Å². The van der Waals surface area contributed by atoms with Gasteiger partial charge in [0.05, 0.1) is 6.61 Å². The van der Waals surface area contributed by atoms with Gasteiger partial charge < -0.3 is 4.74 Å². The van der Waals surface area contributed by atoms with E-state index in [1.807, 2.05) is 0 Å². The maximum atomic E-state index is 12.3. The molecule has 15 heavy (non-hydrogen) atoms. The fraction of sp³-hybridized carbons (Fsp3) is 0.500. The van der Waals surface area contributed by atoms with Gasteiger partial charge in [0.2, 0.25) is 0 Å². The quantitative estimate of drug-likeness (QED) is 0.415. The Kier molecular flexibility index (Phi) is 5.74. The number of hydrogen-bond donors (Lipinski definition) is 0. The average Bonchev–Trinajstić information content (AvgIpc) is 2.10. The molecule has 0 atom stereocenters. The number of carbonyl (C=O) groups is 1. The van der Waals surface area contributed by atoms with E-state index in [4.69, 9.17) is 0 Å². The van der Waals surface area contributed by atoms with Crippen LogP contribution < -0.4 is 0 Å². The van der Waals surface area contributed by atoms with Gasteiger partial charge >= 0.3 is 12.1 Å². The van der Waals surface area contributed by atoms with Crippen LogP contribution in [0.3, 0.4) is 0 Å². The molecule has 0 radical (unpaired) electrons. The van der Waals surface area contributed by atoms with E-state index in [2.05, 4.69) is 4.74 Å². The molecule has 0 N–H and O–H groups in total. The second-order valence-corrected chi connectivity index (χ2v) is 2.69. The van der Waals surface area contributed by atoms with Crippen molar-refractivity contribution in [2.24, 2.45) is 0 Å². The second kappa shape index (κ2) is 6.27. The third kappa shape index (κ3) is 5.93. The molecule has 0 aliphatic rings. The van der Waals surface area contributed by atoms with Crippen LogP contribution in [0.5, 0.6) is 0 Å². The van der Waals surface area contributed by atoms with Crippen LogP contribution in [0.25, 0.3) is 0 Å². The maximum Gasteiger partial charge on any atom is 0.413 e. The van der Waals surface area contributed by atoms with Gasteiger partial charge in [-0.3, -0.25) is 0 Å². The normalized spacial score (nSPS) is 13.3. The first-order chi connectivity index (χ1) is 6.91. The Morgan fingerprint density at radius 1 is 1.40 bits per heavy atom. The molecule has 0 amide bonds. The predicted molar refractivity (Wildman–Crippen MR) is 50.2 cm³/mol. The molecular weight excluding hydrogens is 209 g/mol. The monoisotopic (exact) mass is 222 g/mol. The Morgan fingerprint density at radius 2 is 2.00 bits per heavy atom. The van der Waals surface area contributed by atoms with Crippen LogP contribution in [0, 0.1) is 0 Å². The Hall–Kier alpha value is -1.26. The number of allylic oxidation sites excluding steroid dienone is 3. The highest BCUT2D eigenvalue weighted by atomic mass is 19.4. The molecule has 0 saturated carbocycles. The topological polar surface area (TPSA) is 26.3 Å². The van der Waals surface area contributed by atoms with Crippen LogP contribution in [0.4, 0.5) is 13.2 Å². The highest BCUT2D eigenvalue weighted by Gasteiger charge is 2.33. The summed E-state index contributed by atoms with van der Waals surface area (Å²) < 4.78 is 41.4. The molecule has 86 valence electrons. The summed E-state index contributed by atoms with van der Waals surface area (Å²) in [6.45, 7) is 3.20. The molecule has 0 aromatic carbocycles. The summed E-state index contributed by atoms with van der Waals surface area (Å²) in [5.74, 6) is -0.964. The fourth-order valence-corrected chi connectivity index (χ4v) is 0.827. The van der Waals surface area contributed by atoms with Gasteiger partial charge in [-0.15, -0.1) is 0 Å². The third-order valence-corrected chi connectivity index (χ3v) is 1.52. The molecule has 0 heterocycles. The van der Waals surface area contributed by atoms with Crippen LogP contribution in [-0.4, -0.2) is 18.8 Å². The number of halogens is 3. The first kappa shape index (κ1) is 13.7. The van der Waals surface area contributed by atoms with Gasteiger partial charge in [-0.25, -0.2) is 4.79 Å². The lowest BCUT2D eigenvalue weighted by Gasteiger charge is -2.09. The van der Waals surface area contributed by atoms with Crippen molar-refractivity contribution < 1.29 is 22.7 Å². The van der Waals surface area contributed by atoms with Crippen molar-refractivity contribution in [2.45, 2.75) is 26.4 Å². The zero-order valence-electron chi connectivity index (χ0n) is 8.60. The van der Waals surface area contributed by atoms with Gasteiger partial charge in [-0.05, 0) is 20.3 Å². The van der Waals surface area contributed by atoms with Crippen molar-refractivity contribution in [3.63, 3.8) is 0 Å². The van der Waals surface area contributed by atoms with E-state index in [1.54, 1.807) is 6.92 Å². The summed E-state index contributed by atoms with van der Waals surface area (Å²) in [7, 11) is 0. The summed E-state index contributed by atoms with van der Waals surface area (Å²) in [6, 6.07) is 0. The van der Waals surface area contributed by atoms with E-state index in [1.165, 1.54) is 19.1 Å². The highest BCUT2D eigenvalue weighted by molar-refractivity contribution is 5.83. The fourth-order valence-electron chi connectivity index (χ4n) is 0.827. The zero-order chi connectivity index (χ0) is 11.9. The zero-order valence-corrected chi connectivity index (χ0v) is 8.60. The lowest BCUT2D eigenvalue weighted by molar-refractivity contribution is -0.138. The minimum atomic E-state index is -4.49. The maximum absolute atomic E-state index is 12.3. The molecule has 0 bridgehead atoms. The number of hydrogen-bond acceptors (Lipinski definition) is 2. The van der Waals surface area contributed by atoms with Crippen molar-refractivity contribution in [2.75, 3.05) is 6.61 Å². The molecule has 0 unspecified atom stereocenters. The standard InChI is InChI=1S/C10H13F3O2/c1-3-5-6-8(10(11,12)13)7-9(14)15-4-2/h3,5,7H,4,6H2,1-2H3/b5-3+,8-7+. The Morgan fingerprint density at radius 3 is 2.40 bits per heavy atom. The summed E-state index contributed by atoms with van der Waals surface area (Å²) in [4.78, 5) is 10.8. The Labute approximate surface area is 86.4 Å². The van der Waals surface area contributed by atoms with E-state index in [9.17, 15) is 18.0 Å². The molecular formula is C10H13F3O2. The minimum absolute atomic E-state index is 0.0596. The molecule has 0 fully saturated rings. The van der Waals surface area contributed by atoms with Gasteiger partial charge in [0.15, 0.2) is 0 Å². The molecule has 0 aromatic heterocycles. The molecule has 0 rings (SSSR count). The summed E-state index contributed by atoms with van der Waals surface area (Å²) in [5.41, 5.74) is -0.904. The third-order valence-electron chi connectivity index (χ3n) is 1.52. The molecule has 0 saturated heterocycles. The van der Waals surface area contributed by atoms with Crippen LogP contribution in [0.1, 0.15) is 20.3 Å².